The van der Waals surface area contributed by atoms with Crippen LogP contribution in [0.5, 0.6) is 5.75 Å². The summed E-state index contributed by atoms with van der Waals surface area (Å²) in [6.07, 6.45) is 0. The Balaban J connectivity index is 1.58. The minimum Gasteiger partial charge on any atom is -0.508 e. The first-order valence-electron chi connectivity index (χ1n) is 7.53. The number of hydrogen-bond donors (Lipinski definition) is 1. The van der Waals surface area contributed by atoms with Gasteiger partial charge in [0.15, 0.2) is 0 Å². The summed E-state index contributed by atoms with van der Waals surface area (Å²) in [5, 5.41) is 9.98. The summed E-state index contributed by atoms with van der Waals surface area (Å²) in [6.45, 7) is 1.18. The largest absolute Gasteiger partial charge is 0.508 e. The van der Waals surface area contributed by atoms with E-state index in [1.807, 2.05) is 47.4 Å². The Morgan fingerprint density at radius 2 is 1.91 bits per heavy atom. The fourth-order valence-electron chi connectivity index (χ4n) is 2.64. The van der Waals surface area contributed by atoms with Crippen molar-refractivity contribution >= 4 is 5.97 Å². The summed E-state index contributed by atoms with van der Waals surface area (Å²) >= 11 is 0. The third-order valence-electron chi connectivity index (χ3n) is 3.84. The molecule has 1 aliphatic rings. The second-order valence-electron chi connectivity index (χ2n) is 5.47. The van der Waals surface area contributed by atoms with Gasteiger partial charge in [-0.15, -0.1) is 0 Å². The van der Waals surface area contributed by atoms with Crippen LogP contribution in [-0.4, -0.2) is 35.9 Å². The van der Waals surface area contributed by atoms with E-state index in [9.17, 15) is 9.90 Å². The van der Waals surface area contributed by atoms with Gasteiger partial charge in [0.25, 0.3) is 0 Å². The van der Waals surface area contributed by atoms with Gasteiger partial charge >= 0.3 is 5.97 Å². The molecule has 23 heavy (non-hydrogen) atoms. The van der Waals surface area contributed by atoms with Crippen molar-refractivity contribution in [2.75, 3.05) is 19.9 Å². The zero-order chi connectivity index (χ0) is 16.1. The summed E-state index contributed by atoms with van der Waals surface area (Å²) in [7, 11) is 0. The summed E-state index contributed by atoms with van der Waals surface area (Å²) in [5.41, 5.74) is 1.72. The van der Waals surface area contributed by atoms with Gasteiger partial charge in [-0.1, -0.05) is 48.5 Å². The van der Waals surface area contributed by atoms with E-state index >= 15 is 0 Å². The molecule has 5 nitrogen and oxygen atoms in total. The zero-order valence-corrected chi connectivity index (χ0v) is 12.7. The number of benzene rings is 2. The van der Waals surface area contributed by atoms with Crippen LogP contribution in [0.2, 0.25) is 0 Å². The lowest BCUT2D eigenvalue weighted by molar-refractivity contribution is -0.146. The number of nitrogens with zero attached hydrogens (tertiary/aromatic N) is 1. The maximum Gasteiger partial charge on any atom is 0.320 e. The molecular weight excluding hydrogens is 294 g/mol. The van der Waals surface area contributed by atoms with Crippen molar-refractivity contribution < 1.29 is 19.4 Å². The number of aromatic hydroxyl groups is 1. The third-order valence-corrected chi connectivity index (χ3v) is 3.84. The van der Waals surface area contributed by atoms with Crippen molar-refractivity contribution in [1.29, 1.82) is 0 Å². The molecule has 0 aliphatic carbocycles. The van der Waals surface area contributed by atoms with E-state index in [4.69, 9.17) is 9.47 Å². The molecule has 5 heteroatoms. The molecule has 1 saturated heterocycles. The maximum atomic E-state index is 12.1. The summed E-state index contributed by atoms with van der Waals surface area (Å²) < 4.78 is 10.8. The predicted molar refractivity (Wildman–Crippen MR) is 84.6 cm³/mol. The molecule has 0 unspecified atom stereocenters. The average molecular weight is 313 g/mol. The van der Waals surface area contributed by atoms with Gasteiger partial charge in [-0.05, 0) is 11.6 Å². The zero-order valence-electron chi connectivity index (χ0n) is 12.7. The number of rotatable bonds is 5. The number of carbonyl (C=O) groups excluding carboxylic acids is 1. The molecule has 1 fully saturated rings. The first kappa shape index (κ1) is 15.5. The predicted octanol–water partition coefficient (Wildman–Crippen LogP) is 2.47. The molecule has 0 saturated carbocycles. The van der Waals surface area contributed by atoms with E-state index in [2.05, 4.69) is 0 Å². The third kappa shape index (κ3) is 3.88. The van der Waals surface area contributed by atoms with Crippen LogP contribution in [0, 0.1) is 0 Å². The minimum atomic E-state index is -0.306. The lowest BCUT2D eigenvalue weighted by Gasteiger charge is -2.22. The number of hydrogen-bond acceptors (Lipinski definition) is 5. The molecule has 0 bridgehead atoms. The topological polar surface area (TPSA) is 59.0 Å². The van der Waals surface area contributed by atoms with Gasteiger partial charge in [0.1, 0.15) is 19.1 Å². The number of phenols is 1. The maximum absolute atomic E-state index is 12.1. The number of ether oxygens (including phenoxy) is 2. The van der Waals surface area contributed by atoms with Crippen LogP contribution in [0.3, 0.4) is 0 Å². The molecule has 3 rings (SSSR count). The van der Waals surface area contributed by atoms with Crippen molar-refractivity contribution in [3.05, 3.63) is 65.7 Å². The molecule has 1 aliphatic heterocycles. The fourth-order valence-corrected chi connectivity index (χ4v) is 2.64. The van der Waals surface area contributed by atoms with Gasteiger partial charge in [0, 0.05) is 5.56 Å². The van der Waals surface area contributed by atoms with E-state index in [1.165, 1.54) is 0 Å². The highest BCUT2D eigenvalue weighted by molar-refractivity contribution is 5.71. The van der Waals surface area contributed by atoms with Crippen molar-refractivity contribution in [1.82, 2.24) is 4.90 Å². The Morgan fingerprint density at radius 1 is 1.17 bits per heavy atom. The summed E-state index contributed by atoms with van der Waals surface area (Å²) in [6, 6.07) is 16.5. The van der Waals surface area contributed by atoms with Gasteiger partial charge in [0.2, 0.25) is 0 Å². The Morgan fingerprint density at radius 3 is 2.70 bits per heavy atom. The average Bonchev–Trinajstić information content (AvgIpc) is 3.02. The first-order valence-corrected chi connectivity index (χ1v) is 7.53. The van der Waals surface area contributed by atoms with Gasteiger partial charge in [-0.3, -0.25) is 9.69 Å². The molecule has 2 aromatic rings. The second kappa shape index (κ2) is 7.26. The van der Waals surface area contributed by atoms with Crippen molar-refractivity contribution in [3.63, 3.8) is 0 Å². The molecule has 2 aromatic carbocycles. The molecule has 1 atom stereocenters. The van der Waals surface area contributed by atoms with Gasteiger partial charge in [-0.2, -0.15) is 0 Å². The lowest BCUT2D eigenvalue weighted by atomic mass is 10.1. The van der Waals surface area contributed by atoms with Crippen LogP contribution in [0.25, 0.3) is 0 Å². The van der Waals surface area contributed by atoms with Crippen LogP contribution in [0.4, 0.5) is 0 Å². The van der Waals surface area contributed by atoms with Crippen LogP contribution < -0.4 is 0 Å². The van der Waals surface area contributed by atoms with Crippen LogP contribution in [0.1, 0.15) is 17.2 Å². The smallest absolute Gasteiger partial charge is 0.320 e. The number of esters is 1. The highest BCUT2D eigenvalue weighted by Gasteiger charge is 2.30. The van der Waals surface area contributed by atoms with Crippen LogP contribution in [-0.2, 0) is 20.9 Å². The van der Waals surface area contributed by atoms with Gasteiger partial charge in [-0.25, -0.2) is 0 Å². The van der Waals surface area contributed by atoms with Crippen molar-refractivity contribution in [2.45, 2.75) is 12.6 Å². The monoisotopic (exact) mass is 313 g/mol. The van der Waals surface area contributed by atoms with Crippen LogP contribution >= 0.6 is 0 Å². The summed E-state index contributed by atoms with van der Waals surface area (Å²) in [5.74, 6) is -0.0922. The van der Waals surface area contributed by atoms with Gasteiger partial charge < -0.3 is 14.6 Å². The molecule has 0 aromatic heterocycles. The Kier molecular flexibility index (Phi) is 4.90. The minimum absolute atomic E-state index is 0.131. The van der Waals surface area contributed by atoms with Gasteiger partial charge in [0.05, 0.1) is 19.2 Å². The molecule has 0 spiro atoms. The quantitative estimate of drug-likeness (QED) is 0.859. The molecule has 0 radical (unpaired) electrons. The normalized spacial score (nSPS) is 18.0. The lowest BCUT2D eigenvalue weighted by Crippen LogP contribution is -2.31. The van der Waals surface area contributed by atoms with E-state index < -0.39 is 0 Å². The van der Waals surface area contributed by atoms with Crippen LogP contribution in [0.15, 0.2) is 54.6 Å². The van der Waals surface area contributed by atoms with Crippen molar-refractivity contribution in [3.8, 4) is 5.75 Å². The molecule has 1 heterocycles. The standard InChI is InChI=1S/C18H19NO4/c20-17-9-5-4-8-15(17)16-12-22-13-19(16)10-18(21)23-11-14-6-2-1-3-7-14/h1-9,16,20H,10-13H2/t16-/m0/s1. The van der Waals surface area contributed by atoms with E-state index in [0.29, 0.717) is 13.3 Å². The first-order chi connectivity index (χ1) is 11.2. The molecule has 1 N–H and O–H groups in total. The van der Waals surface area contributed by atoms with Crippen molar-refractivity contribution in [2.24, 2.45) is 0 Å². The highest BCUT2D eigenvalue weighted by Crippen LogP contribution is 2.31. The number of phenolic OH excluding ortho intramolecular Hbond substituents is 1. The highest BCUT2D eigenvalue weighted by atomic mass is 16.5. The molecule has 0 amide bonds. The Hall–Kier alpha value is -2.37. The summed E-state index contributed by atoms with van der Waals surface area (Å²) in [4.78, 5) is 13.9. The SMILES string of the molecule is O=C(CN1COC[C@H]1c1ccccc1O)OCc1ccccc1. The molecule has 120 valence electrons. The Labute approximate surface area is 135 Å². The Bertz CT molecular complexity index is 659. The number of para-hydroxylation sites is 1. The van der Waals surface area contributed by atoms with E-state index in [1.54, 1.807) is 12.1 Å². The molecular formula is C18H19NO4. The van der Waals surface area contributed by atoms with E-state index in [-0.39, 0.29) is 30.9 Å². The van der Waals surface area contributed by atoms with E-state index in [0.717, 1.165) is 11.1 Å². The number of carbonyl (C=O) groups is 1. The second-order valence-corrected chi connectivity index (χ2v) is 5.47. The fraction of sp³-hybridized carbons (Fsp3) is 0.278.